The molecule has 1 rings (SSSR count). The standard InChI is InChI=1S/C25H38F3N2O6PS/c1-10-35-24(31)30(22-13-11-12-20(8)14-22)23(34-9)21(15-29)16-37(17(2)3,18(4)5,19(6)7)36-38(32,33)25(26,27)28/h11-14,17-19H,10,16H2,1-9H3/b23-21-. The molecule has 0 aliphatic rings. The van der Waals surface area contributed by atoms with Crippen LogP contribution in [0, 0.1) is 18.3 Å². The molecule has 0 fully saturated rings. The first-order valence-electron chi connectivity index (χ1n) is 12.1. The first-order chi connectivity index (χ1) is 17.4. The van der Waals surface area contributed by atoms with Crippen molar-refractivity contribution in [1.82, 2.24) is 0 Å². The Morgan fingerprint density at radius 3 is 2.00 bits per heavy atom. The average molecular weight is 583 g/mol. The molecule has 0 atom stereocenters. The van der Waals surface area contributed by atoms with Crippen LogP contribution >= 0.6 is 6.83 Å². The normalized spacial score (nSPS) is 14.5. The average Bonchev–Trinajstić information content (AvgIpc) is 2.79. The topological polar surface area (TPSA) is 106 Å². The second-order valence-electron chi connectivity index (χ2n) is 9.83. The van der Waals surface area contributed by atoms with Gasteiger partial charge in [-0.05, 0) is 0 Å². The summed E-state index contributed by atoms with van der Waals surface area (Å²) in [6, 6.07) is 8.64. The first kappa shape index (κ1) is 33.7. The molecule has 0 heterocycles. The number of rotatable bonds is 11. The predicted octanol–water partition coefficient (Wildman–Crippen LogP) is 6.90. The maximum absolute atomic E-state index is 13.7. The Hall–Kier alpha value is -2.35. The molecule has 216 valence electrons. The van der Waals surface area contributed by atoms with Gasteiger partial charge in [0.25, 0.3) is 0 Å². The Kier molecular flexibility index (Phi) is 10.8. The van der Waals surface area contributed by atoms with Gasteiger partial charge in [0.15, 0.2) is 0 Å². The van der Waals surface area contributed by atoms with Gasteiger partial charge < -0.3 is 0 Å². The monoisotopic (exact) mass is 582 g/mol. The number of hydrogen-bond donors (Lipinski definition) is 0. The van der Waals surface area contributed by atoms with E-state index in [0.29, 0.717) is 0 Å². The molecule has 8 nitrogen and oxygen atoms in total. The summed E-state index contributed by atoms with van der Waals surface area (Å²) in [6.07, 6.45) is -1.37. The number of allylic oxidation sites excluding steroid dienone is 1. The van der Waals surface area contributed by atoms with Gasteiger partial charge in [-0.3, -0.25) is 0 Å². The summed E-state index contributed by atoms with van der Waals surface area (Å²) in [4.78, 5) is 14.1. The van der Waals surface area contributed by atoms with Gasteiger partial charge >= 0.3 is 224 Å². The number of carbonyl (C=O) groups is 1. The summed E-state index contributed by atoms with van der Waals surface area (Å²) >= 11 is 0. The summed E-state index contributed by atoms with van der Waals surface area (Å²) in [6.45, 7) is 8.36. The quantitative estimate of drug-likeness (QED) is 0.121. The molecule has 0 aliphatic carbocycles. The van der Waals surface area contributed by atoms with E-state index in [2.05, 4.69) is 0 Å². The number of amides is 1. The fourth-order valence-electron chi connectivity index (χ4n) is 5.00. The molecular formula is C25H38F3N2O6PS. The van der Waals surface area contributed by atoms with Gasteiger partial charge in [0, 0.05) is 0 Å². The Bertz CT molecular complexity index is 1170. The molecule has 13 heteroatoms. The molecule has 0 saturated heterocycles. The number of alkyl halides is 3. The Balaban J connectivity index is 4.18. The van der Waals surface area contributed by atoms with Crippen LogP contribution in [-0.2, 0) is 23.6 Å². The van der Waals surface area contributed by atoms with Gasteiger partial charge in [-0.15, -0.1) is 0 Å². The molecule has 38 heavy (non-hydrogen) atoms. The van der Waals surface area contributed by atoms with Gasteiger partial charge in [0.05, 0.1) is 0 Å². The van der Waals surface area contributed by atoms with E-state index in [1.54, 1.807) is 79.7 Å². The Morgan fingerprint density at radius 1 is 1.11 bits per heavy atom. The van der Waals surface area contributed by atoms with Crippen molar-refractivity contribution >= 4 is 28.7 Å². The van der Waals surface area contributed by atoms with Crippen LogP contribution in [-0.4, -0.2) is 56.9 Å². The van der Waals surface area contributed by atoms with Crippen molar-refractivity contribution in [3.05, 3.63) is 41.3 Å². The number of nitrogens with zero attached hydrogens (tertiary/aromatic N) is 2. The van der Waals surface area contributed by atoms with Crippen molar-refractivity contribution in [3.63, 3.8) is 0 Å². The number of halogens is 3. The Morgan fingerprint density at radius 2 is 1.63 bits per heavy atom. The second-order valence-corrected chi connectivity index (χ2v) is 18.1. The SMILES string of the molecule is CCOC(=O)N(/C(OC)=C(\C#N)CP(OS(=O)(=O)C(F)(F)F)(C(C)C)(C(C)C)C(C)C)c1cccc(C)c1. The van der Waals surface area contributed by atoms with Crippen molar-refractivity contribution in [3.8, 4) is 6.07 Å². The van der Waals surface area contributed by atoms with Gasteiger partial charge in [0.1, 0.15) is 0 Å². The molecule has 0 spiro atoms. The molecule has 1 amide bonds. The molecule has 0 N–H and O–H groups in total. The van der Waals surface area contributed by atoms with Crippen LogP contribution in [0.3, 0.4) is 0 Å². The van der Waals surface area contributed by atoms with E-state index in [4.69, 9.17) is 13.4 Å². The molecule has 0 bridgehead atoms. The third-order valence-corrected chi connectivity index (χ3v) is 17.9. The van der Waals surface area contributed by atoms with Crippen LogP contribution in [0.5, 0.6) is 0 Å². The van der Waals surface area contributed by atoms with Crippen molar-refractivity contribution < 1.29 is 39.8 Å². The summed E-state index contributed by atoms with van der Waals surface area (Å²) in [5.41, 5.74) is -7.03. The van der Waals surface area contributed by atoms with Crippen LogP contribution < -0.4 is 4.90 Å². The van der Waals surface area contributed by atoms with Gasteiger partial charge in [-0.1, -0.05) is 0 Å². The minimum atomic E-state index is -6.06. The van der Waals surface area contributed by atoms with Crippen molar-refractivity contribution in [2.24, 2.45) is 0 Å². The number of nitriles is 1. The van der Waals surface area contributed by atoms with Gasteiger partial charge in [0.2, 0.25) is 0 Å². The molecule has 1 aromatic rings. The molecule has 0 saturated carbocycles. The number of benzene rings is 1. The van der Waals surface area contributed by atoms with Crippen LogP contribution in [0.2, 0.25) is 0 Å². The third kappa shape index (κ3) is 6.11. The fourth-order valence-corrected chi connectivity index (χ4v) is 15.1. The Labute approximate surface area is 223 Å². The van der Waals surface area contributed by atoms with Crippen molar-refractivity contribution in [2.75, 3.05) is 24.8 Å². The van der Waals surface area contributed by atoms with E-state index in [9.17, 15) is 31.6 Å². The van der Waals surface area contributed by atoms with E-state index in [1.165, 1.54) is 7.11 Å². The third-order valence-electron chi connectivity index (χ3n) is 7.08. The first-order valence-corrected chi connectivity index (χ1v) is 16.0. The molecule has 0 radical (unpaired) electrons. The van der Waals surface area contributed by atoms with Crippen molar-refractivity contribution in [2.45, 2.75) is 77.9 Å². The zero-order valence-corrected chi connectivity index (χ0v) is 25.0. The summed E-state index contributed by atoms with van der Waals surface area (Å²) in [5, 5.41) is 10.3. The predicted molar refractivity (Wildman–Crippen MR) is 144 cm³/mol. The number of aryl methyl sites for hydroxylation is 1. The van der Waals surface area contributed by atoms with E-state index < -0.39 is 51.7 Å². The fraction of sp³-hybridized carbons (Fsp3) is 0.600. The number of methoxy groups -OCH3 is 1. The number of anilines is 1. The zero-order valence-electron chi connectivity index (χ0n) is 23.3. The maximum atomic E-state index is 13.7. The van der Waals surface area contributed by atoms with E-state index in [0.717, 1.165) is 10.5 Å². The van der Waals surface area contributed by atoms with E-state index in [1.807, 2.05) is 6.07 Å². The minimum absolute atomic E-state index is 0.00355. The van der Waals surface area contributed by atoms with E-state index >= 15 is 0 Å². The van der Waals surface area contributed by atoms with Crippen LogP contribution in [0.25, 0.3) is 0 Å². The van der Waals surface area contributed by atoms with Crippen LogP contribution in [0.4, 0.5) is 23.7 Å². The summed E-state index contributed by atoms with van der Waals surface area (Å²) < 4.78 is 82.3. The van der Waals surface area contributed by atoms with Gasteiger partial charge in [-0.25, -0.2) is 0 Å². The van der Waals surface area contributed by atoms with Gasteiger partial charge in [-0.2, -0.15) is 0 Å². The molecular weight excluding hydrogens is 544 g/mol. The summed E-state index contributed by atoms with van der Waals surface area (Å²) in [5.74, 6) is -0.291. The number of hydrogen-bond acceptors (Lipinski definition) is 7. The zero-order chi connectivity index (χ0) is 29.7. The van der Waals surface area contributed by atoms with Crippen LogP contribution in [0.15, 0.2) is 35.7 Å². The van der Waals surface area contributed by atoms with E-state index in [-0.39, 0.29) is 23.8 Å². The number of carbonyl (C=O) groups excluding carboxylic acids is 1. The molecule has 0 aliphatic heterocycles. The number of ether oxygens (including phenoxy) is 2. The van der Waals surface area contributed by atoms with Crippen LogP contribution in [0.1, 0.15) is 54.0 Å². The summed E-state index contributed by atoms with van der Waals surface area (Å²) in [7, 11) is -4.85. The molecule has 0 aromatic heterocycles. The second kappa shape index (κ2) is 12.2. The van der Waals surface area contributed by atoms with Crippen molar-refractivity contribution in [1.29, 1.82) is 5.26 Å². The molecule has 0 unspecified atom stereocenters. The molecule has 1 aromatic carbocycles.